The van der Waals surface area contributed by atoms with Gasteiger partial charge in [-0.3, -0.25) is 14.5 Å². The van der Waals surface area contributed by atoms with Gasteiger partial charge in [-0.25, -0.2) is 4.39 Å². The summed E-state index contributed by atoms with van der Waals surface area (Å²) in [6, 6.07) is 6.27. The molecule has 2 heterocycles. The van der Waals surface area contributed by atoms with Crippen LogP contribution in [0.25, 0.3) is 0 Å². The molecule has 24 heavy (non-hydrogen) atoms. The molecule has 6 nitrogen and oxygen atoms in total. The first-order valence-corrected chi connectivity index (χ1v) is 8.23. The molecule has 0 spiro atoms. The fraction of sp³-hybridized carbons (Fsp3) is 0.529. The Kier molecular flexibility index (Phi) is 4.99. The van der Waals surface area contributed by atoms with Gasteiger partial charge in [0, 0.05) is 5.92 Å². The average Bonchev–Trinajstić information content (AvgIpc) is 2.52. The quantitative estimate of drug-likeness (QED) is 0.856. The minimum Gasteiger partial charge on any atom is -0.484 e. The van der Waals surface area contributed by atoms with Crippen LogP contribution < -0.4 is 10.5 Å². The maximum absolute atomic E-state index is 13.5. The third-order valence-corrected chi connectivity index (χ3v) is 4.68. The summed E-state index contributed by atoms with van der Waals surface area (Å²) in [5, 5.41) is 0. The number of hydrogen-bond acceptors (Lipinski definition) is 4. The first-order valence-electron chi connectivity index (χ1n) is 8.23. The highest BCUT2D eigenvalue weighted by Gasteiger charge is 2.34. The molecule has 0 bridgehead atoms. The molecule has 7 heteroatoms. The summed E-state index contributed by atoms with van der Waals surface area (Å²) in [6.07, 6.45) is 1.26. The number of nitrogens with zero attached hydrogens (tertiary/aromatic N) is 2. The van der Waals surface area contributed by atoms with Crippen molar-refractivity contribution in [3.8, 4) is 5.75 Å². The molecule has 2 aliphatic rings. The predicted octanol–water partition coefficient (Wildman–Crippen LogP) is 0.613. The lowest BCUT2D eigenvalue weighted by molar-refractivity contribution is -0.141. The molecule has 2 aliphatic heterocycles. The number of likely N-dealkylation sites (tertiary alicyclic amines) is 2. The van der Waals surface area contributed by atoms with Crippen molar-refractivity contribution in [3.05, 3.63) is 30.1 Å². The highest BCUT2D eigenvalue weighted by Crippen LogP contribution is 2.22. The number of benzene rings is 1. The SMILES string of the molecule is NC(=O)C1CCN(CC(=O)N2CC(Oc3ccccc3F)C2)CC1. The number of carbonyl (C=O) groups is 2. The van der Waals surface area contributed by atoms with E-state index in [1.165, 1.54) is 6.07 Å². The maximum Gasteiger partial charge on any atom is 0.237 e. The minimum atomic E-state index is -0.389. The fourth-order valence-electron chi connectivity index (χ4n) is 3.10. The largest absolute Gasteiger partial charge is 0.484 e. The summed E-state index contributed by atoms with van der Waals surface area (Å²) in [6.45, 7) is 2.72. The van der Waals surface area contributed by atoms with Crippen molar-refractivity contribution in [1.29, 1.82) is 0 Å². The maximum atomic E-state index is 13.5. The third kappa shape index (κ3) is 3.84. The third-order valence-electron chi connectivity index (χ3n) is 4.68. The lowest BCUT2D eigenvalue weighted by atomic mass is 9.96. The van der Waals surface area contributed by atoms with E-state index in [0.717, 1.165) is 0 Å². The molecule has 1 aromatic carbocycles. The summed E-state index contributed by atoms with van der Waals surface area (Å²) in [7, 11) is 0. The molecular formula is C17H22FN3O3. The van der Waals surface area contributed by atoms with E-state index in [1.807, 2.05) is 4.90 Å². The van der Waals surface area contributed by atoms with E-state index in [4.69, 9.17) is 10.5 Å². The van der Waals surface area contributed by atoms with Crippen LogP contribution in [0.5, 0.6) is 5.75 Å². The Bertz CT molecular complexity index is 611. The second kappa shape index (κ2) is 7.17. The predicted molar refractivity (Wildman–Crippen MR) is 85.8 cm³/mol. The fourth-order valence-corrected chi connectivity index (χ4v) is 3.10. The second-order valence-corrected chi connectivity index (χ2v) is 6.42. The number of para-hydroxylation sites is 1. The number of primary amides is 1. The number of amides is 2. The molecule has 0 unspecified atom stereocenters. The highest BCUT2D eigenvalue weighted by molar-refractivity contribution is 5.79. The Hall–Kier alpha value is -2.15. The van der Waals surface area contributed by atoms with Crippen molar-refractivity contribution >= 4 is 11.8 Å². The molecule has 2 N–H and O–H groups in total. The number of halogens is 1. The van der Waals surface area contributed by atoms with Gasteiger partial charge >= 0.3 is 0 Å². The number of piperidine rings is 1. The molecule has 2 saturated heterocycles. The normalized spacial score (nSPS) is 19.8. The Morgan fingerprint density at radius 2 is 1.88 bits per heavy atom. The van der Waals surface area contributed by atoms with E-state index in [0.29, 0.717) is 45.6 Å². The zero-order valence-electron chi connectivity index (χ0n) is 13.5. The van der Waals surface area contributed by atoms with E-state index in [9.17, 15) is 14.0 Å². The van der Waals surface area contributed by atoms with Gasteiger partial charge in [-0.1, -0.05) is 12.1 Å². The van der Waals surface area contributed by atoms with E-state index in [-0.39, 0.29) is 35.4 Å². The van der Waals surface area contributed by atoms with Gasteiger partial charge in [-0.2, -0.15) is 0 Å². The Balaban J connectivity index is 1.39. The zero-order valence-corrected chi connectivity index (χ0v) is 13.5. The van der Waals surface area contributed by atoms with Crippen LogP contribution in [0.1, 0.15) is 12.8 Å². The average molecular weight is 335 g/mol. The monoisotopic (exact) mass is 335 g/mol. The van der Waals surface area contributed by atoms with Crippen molar-refractivity contribution in [2.75, 3.05) is 32.7 Å². The van der Waals surface area contributed by atoms with Crippen LogP contribution in [0.2, 0.25) is 0 Å². The van der Waals surface area contributed by atoms with Crippen LogP contribution in [-0.2, 0) is 9.59 Å². The molecule has 1 aromatic rings. The van der Waals surface area contributed by atoms with Gasteiger partial charge in [-0.15, -0.1) is 0 Å². The number of nitrogens with two attached hydrogens (primary N) is 1. The molecule has 0 aromatic heterocycles. The van der Waals surface area contributed by atoms with Gasteiger partial charge in [0.15, 0.2) is 11.6 Å². The van der Waals surface area contributed by atoms with E-state index in [1.54, 1.807) is 23.1 Å². The number of ether oxygens (including phenoxy) is 1. The van der Waals surface area contributed by atoms with Crippen LogP contribution in [0.3, 0.4) is 0 Å². The van der Waals surface area contributed by atoms with Crippen LogP contribution in [0, 0.1) is 11.7 Å². The minimum absolute atomic E-state index is 0.0425. The van der Waals surface area contributed by atoms with E-state index in [2.05, 4.69) is 0 Å². The summed E-state index contributed by atoms with van der Waals surface area (Å²) in [5.41, 5.74) is 5.31. The first-order chi connectivity index (χ1) is 11.5. The smallest absolute Gasteiger partial charge is 0.237 e. The van der Waals surface area contributed by atoms with Gasteiger partial charge in [0.1, 0.15) is 6.10 Å². The van der Waals surface area contributed by atoms with Gasteiger partial charge in [-0.05, 0) is 38.1 Å². The lowest BCUT2D eigenvalue weighted by Gasteiger charge is -2.40. The lowest BCUT2D eigenvalue weighted by Crippen LogP contribution is -2.58. The number of hydrogen-bond donors (Lipinski definition) is 1. The van der Waals surface area contributed by atoms with Crippen molar-refractivity contribution in [2.24, 2.45) is 11.7 Å². The second-order valence-electron chi connectivity index (χ2n) is 6.42. The van der Waals surface area contributed by atoms with Crippen LogP contribution in [0.15, 0.2) is 24.3 Å². The topological polar surface area (TPSA) is 75.9 Å². The highest BCUT2D eigenvalue weighted by atomic mass is 19.1. The van der Waals surface area contributed by atoms with Crippen LogP contribution in [0.4, 0.5) is 4.39 Å². The van der Waals surface area contributed by atoms with Crippen molar-refractivity contribution in [3.63, 3.8) is 0 Å². The van der Waals surface area contributed by atoms with Crippen LogP contribution in [-0.4, -0.2) is 60.4 Å². The number of carbonyl (C=O) groups excluding carboxylic acids is 2. The summed E-state index contributed by atoms with van der Waals surface area (Å²) in [5.74, 6) is -0.445. The van der Waals surface area contributed by atoms with Gasteiger partial charge < -0.3 is 15.4 Å². The number of rotatable bonds is 5. The molecule has 130 valence electrons. The molecule has 0 aliphatic carbocycles. The van der Waals surface area contributed by atoms with Crippen LogP contribution >= 0.6 is 0 Å². The molecule has 3 rings (SSSR count). The molecule has 2 amide bonds. The van der Waals surface area contributed by atoms with Crippen molar-refractivity contribution in [1.82, 2.24) is 9.80 Å². The van der Waals surface area contributed by atoms with Gasteiger partial charge in [0.05, 0.1) is 19.6 Å². The molecule has 0 saturated carbocycles. The first kappa shape index (κ1) is 16.7. The van der Waals surface area contributed by atoms with E-state index < -0.39 is 0 Å². The van der Waals surface area contributed by atoms with Crippen molar-refractivity contribution < 1.29 is 18.7 Å². The Labute approximate surface area is 140 Å². The van der Waals surface area contributed by atoms with Gasteiger partial charge in [0.25, 0.3) is 0 Å². The molecule has 0 radical (unpaired) electrons. The molecular weight excluding hydrogens is 313 g/mol. The van der Waals surface area contributed by atoms with E-state index >= 15 is 0 Å². The summed E-state index contributed by atoms with van der Waals surface area (Å²) >= 11 is 0. The molecule has 2 fully saturated rings. The summed E-state index contributed by atoms with van der Waals surface area (Å²) < 4.78 is 19.1. The zero-order chi connectivity index (χ0) is 17.1. The van der Waals surface area contributed by atoms with Crippen molar-refractivity contribution in [2.45, 2.75) is 18.9 Å². The molecule has 0 atom stereocenters. The Morgan fingerprint density at radius 3 is 2.50 bits per heavy atom. The summed E-state index contributed by atoms with van der Waals surface area (Å²) in [4.78, 5) is 27.1. The van der Waals surface area contributed by atoms with Gasteiger partial charge in [0.2, 0.25) is 11.8 Å². The standard InChI is InChI=1S/C17H22FN3O3/c18-14-3-1-2-4-15(14)24-13-9-21(10-13)16(22)11-20-7-5-12(6-8-20)17(19)23/h1-4,12-13H,5-11H2,(H2,19,23). The Morgan fingerprint density at radius 1 is 1.21 bits per heavy atom.